The molecule has 3 amide bonds. The molecule has 1 aromatic heterocycles. The van der Waals surface area contributed by atoms with E-state index < -0.39 is 6.09 Å². The molecule has 5 rings (SSSR count). The second-order valence-electron chi connectivity index (χ2n) is 8.89. The van der Waals surface area contributed by atoms with E-state index in [9.17, 15) is 14.7 Å². The number of benzene rings is 1. The zero-order chi connectivity index (χ0) is 23.1. The molecule has 3 N–H and O–H groups in total. The van der Waals surface area contributed by atoms with Crippen molar-refractivity contribution in [1.29, 1.82) is 0 Å². The summed E-state index contributed by atoms with van der Waals surface area (Å²) in [5, 5.41) is 15.4. The zero-order valence-electron chi connectivity index (χ0n) is 18.7. The minimum absolute atomic E-state index is 0.119. The van der Waals surface area contributed by atoms with Gasteiger partial charge in [0.05, 0.1) is 37.5 Å². The van der Waals surface area contributed by atoms with Crippen LogP contribution in [0.5, 0.6) is 0 Å². The maximum absolute atomic E-state index is 12.0. The van der Waals surface area contributed by atoms with Crippen LogP contribution in [0.1, 0.15) is 44.0 Å². The number of hydrogen-bond donors (Lipinski definition) is 3. The molecule has 0 spiro atoms. The van der Waals surface area contributed by atoms with E-state index >= 15 is 0 Å². The lowest BCUT2D eigenvalue weighted by molar-refractivity contribution is 0.0982. The summed E-state index contributed by atoms with van der Waals surface area (Å²) >= 11 is 0. The topological polar surface area (TPSA) is 120 Å². The largest absolute Gasteiger partial charge is 0.465 e. The van der Waals surface area contributed by atoms with E-state index in [1.807, 2.05) is 31.2 Å². The first-order chi connectivity index (χ1) is 15.9. The monoisotopic (exact) mass is 452 g/mol. The molecule has 1 aliphatic carbocycles. The third-order valence-electron chi connectivity index (χ3n) is 6.41. The minimum atomic E-state index is -0.970. The Morgan fingerprint density at radius 3 is 2.58 bits per heavy atom. The highest BCUT2D eigenvalue weighted by Crippen LogP contribution is 2.40. The molecular weight excluding hydrogens is 424 g/mol. The van der Waals surface area contributed by atoms with Crippen molar-refractivity contribution in [2.45, 2.75) is 51.4 Å². The predicted molar refractivity (Wildman–Crippen MR) is 122 cm³/mol. The van der Waals surface area contributed by atoms with Crippen molar-refractivity contribution in [1.82, 2.24) is 20.2 Å². The standard InChI is InChI=1S/C23H28N6O4/c1-13-12-33-10-9-28(13)21-19-14(2)29(23(31)32)11-18(19)26-20(27-21)15-3-5-16(6-4-15)24-22(30)25-17-7-8-17/h3-6,13-14,17H,7-12H2,1-2H3,(H,31,32)(H2,24,25,30)/t13?,14-/m0/s1. The summed E-state index contributed by atoms with van der Waals surface area (Å²) in [6.45, 7) is 6.06. The first-order valence-electron chi connectivity index (χ1n) is 11.3. The predicted octanol–water partition coefficient (Wildman–Crippen LogP) is 3.21. The summed E-state index contributed by atoms with van der Waals surface area (Å²) in [4.78, 5) is 37.0. The average Bonchev–Trinajstić information content (AvgIpc) is 3.54. The van der Waals surface area contributed by atoms with E-state index in [0.717, 1.165) is 35.5 Å². The lowest BCUT2D eigenvalue weighted by Crippen LogP contribution is -2.45. The molecular formula is C23H28N6O4. The smallest absolute Gasteiger partial charge is 0.408 e. The fourth-order valence-electron chi connectivity index (χ4n) is 4.41. The molecule has 0 bridgehead atoms. The van der Waals surface area contributed by atoms with Crippen LogP contribution in [0.2, 0.25) is 0 Å². The highest BCUT2D eigenvalue weighted by atomic mass is 16.5. The molecule has 10 heteroatoms. The van der Waals surface area contributed by atoms with Crippen molar-refractivity contribution < 1.29 is 19.4 Å². The molecule has 0 radical (unpaired) electrons. The number of nitrogens with zero attached hydrogens (tertiary/aromatic N) is 4. The van der Waals surface area contributed by atoms with Gasteiger partial charge in [-0.15, -0.1) is 0 Å². The van der Waals surface area contributed by atoms with Gasteiger partial charge in [-0.1, -0.05) is 0 Å². The van der Waals surface area contributed by atoms with Crippen LogP contribution in [-0.2, 0) is 11.3 Å². The van der Waals surface area contributed by atoms with E-state index in [-0.39, 0.29) is 30.7 Å². The van der Waals surface area contributed by atoms with E-state index in [1.54, 1.807) is 0 Å². The van der Waals surface area contributed by atoms with Crippen molar-refractivity contribution >= 4 is 23.6 Å². The Balaban J connectivity index is 1.47. The molecule has 1 saturated carbocycles. The Hall–Kier alpha value is -3.40. The van der Waals surface area contributed by atoms with Crippen molar-refractivity contribution in [2.24, 2.45) is 0 Å². The first kappa shape index (κ1) is 21.4. The Labute approximate surface area is 192 Å². The van der Waals surface area contributed by atoms with Gasteiger partial charge in [0.15, 0.2) is 5.82 Å². The van der Waals surface area contributed by atoms with Gasteiger partial charge in [0.2, 0.25) is 0 Å². The quantitative estimate of drug-likeness (QED) is 0.651. The van der Waals surface area contributed by atoms with Crippen LogP contribution in [0.25, 0.3) is 11.4 Å². The number of ether oxygens (including phenoxy) is 1. The fourth-order valence-corrected chi connectivity index (χ4v) is 4.41. The average molecular weight is 453 g/mol. The van der Waals surface area contributed by atoms with E-state index in [0.29, 0.717) is 31.3 Å². The lowest BCUT2D eigenvalue weighted by Gasteiger charge is -2.36. The molecule has 3 aliphatic rings. The van der Waals surface area contributed by atoms with Gasteiger partial charge in [-0.3, -0.25) is 4.90 Å². The summed E-state index contributed by atoms with van der Waals surface area (Å²) in [6, 6.07) is 7.26. The molecule has 1 aromatic carbocycles. The van der Waals surface area contributed by atoms with Gasteiger partial charge in [-0.2, -0.15) is 0 Å². The number of aromatic nitrogens is 2. The zero-order valence-corrected chi connectivity index (χ0v) is 18.7. The number of carbonyl (C=O) groups excluding carboxylic acids is 1. The lowest BCUT2D eigenvalue weighted by atomic mass is 10.1. The van der Waals surface area contributed by atoms with Crippen molar-refractivity contribution in [3.63, 3.8) is 0 Å². The summed E-state index contributed by atoms with van der Waals surface area (Å²) in [6.07, 6.45) is 1.09. The fraction of sp³-hybridized carbons (Fsp3) is 0.478. The van der Waals surface area contributed by atoms with Crippen LogP contribution in [-0.4, -0.2) is 63.9 Å². The number of nitrogens with one attached hydrogen (secondary N) is 2. The Kier molecular flexibility index (Phi) is 5.53. The number of urea groups is 1. The highest BCUT2D eigenvalue weighted by Gasteiger charge is 2.37. The number of amides is 3. The Morgan fingerprint density at radius 2 is 1.91 bits per heavy atom. The molecule has 1 unspecified atom stereocenters. The molecule has 2 aromatic rings. The molecule has 2 aliphatic heterocycles. The number of anilines is 2. The Bertz CT molecular complexity index is 1070. The van der Waals surface area contributed by atoms with Gasteiger partial charge in [0.25, 0.3) is 0 Å². The summed E-state index contributed by atoms with van der Waals surface area (Å²) in [7, 11) is 0. The van der Waals surface area contributed by atoms with Crippen LogP contribution in [0.4, 0.5) is 21.1 Å². The number of morpholine rings is 1. The summed E-state index contributed by atoms with van der Waals surface area (Å²) < 4.78 is 5.60. The molecule has 3 heterocycles. The summed E-state index contributed by atoms with van der Waals surface area (Å²) in [5.41, 5.74) is 3.08. The van der Waals surface area contributed by atoms with Crippen LogP contribution in [0.3, 0.4) is 0 Å². The van der Waals surface area contributed by atoms with Gasteiger partial charge in [-0.05, 0) is 51.0 Å². The van der Waals surface area contributed by atoms with Crippen LogP contribution >= 0.6 is 0 Å². The number of carbonyl (C=O) groups is 2. The van der Waals surface area contributed by atoms with Gasteiger partial charge in [0.1, 0.15) is 5.82 Å². The Morgan fingerprint density at radius 1 is 1.15 bits per heavy atom. The highest BCUT2D eigenvalue weighted by molar-refractivity contribution is 5.89. The van der Waals surface area contributed by atoms with Crippen molar-refractivity contribution in [2.75, 3.05) is 30.0 Å². The van der Waals surface area contributed by atoms with Gasteiger partial charge >= 0.3 is 12.1 Å². The van der Waals surface area contributed by atoms with Crippen molar-refractivity contribution in [3.8, 4) is 11.4 Å². The van der Waals surface area contributed by atoms with Crippen LogP contribution in [0.15, 0.2) is 24.3 Å². The molecule has 33 heavy (non-hydrogen) atoms. The van der Waals surface area contributed by atoms with E-state index in [1.165, 1.54) is 4.90 Å². The number of rotatable bonds is 4. The molecule has 1 saturated heterocycles. The van der Waals surface area contributed by atoms with E-state index in [4.69, 9.17) is 14.7 Å². The van der Waals surface area contributed by atoms with Crippen molar-refractivity contribution in [3.05, 3.63) is 35.5 Å². The maximum atomic E-state index is 12.0. The second kappa shape index (κ2) is 8.51. The van der Waals surface area contributed by atoms with E-state index in [2.05, 4.69) is 22.5 Å². The second-order valence-corrected chi connectivity index (χ2v) is 8.89. The molecule has 174 valence electrons. The van der Waals surface area contributed by atoms with Gasteiger partial charge in [0, 0.05) is 29.4 Å². The number of carboxylic acid groups (broad SMARTS) is 1. The number of hydrogen-bond acceptors (Lipinski definition) is 6. The third-order valence-corrected chi connectivity index (χ3v) is 6.41. The molecule has 10 nitrogen and oxygen atoms in total. The minimum Gasteiger partial charge on any atom is -0.465 e. The SMILES string of the molecule is CC1COCCN1c1nc(-c2ccc(NC(=O)NC3CC3)cc2)nc2c1[C@H](C)N(C(=O)O)C2. The first-order valence-corrected chi connectivity index (χ1v) is 11.3. The summed E-state index contributed by atoms with van der Waals surface area (Å²) in [5.74, 6) is 1.31. The molecule has 2 fully saturated rings. The normalized spacial score (nSPS) is 22.1. The van der Waals surface area contributed by atoms with Crippen LogP contribution in [0, 0.1) is 0 Å². The molecule has 2 atom stereocenters. The maximum Gasteiger partial charge on any atom is 0.408 e. The van der Waals surface area contributed by atoms with Gasteiger partial charge in [-0.25, -0.2) is 19.6 Å². The number of fused-ring (bicyclic) bond motifs is 1. The van der Waals surface area contributed by atoms with Crippen LogP contribution < -0.4 is 15.5 Å². The van der Waals surface area contributed by atoms with Gasteiger partial charge < -0.3 is 25.4 Å². The third kappa shape index (κ3) is 4.30.